The minimum atomic E-state index is -3.21. The zero-order chi connectivity index (χ0) is 25.9. The maximum atomic E-state index is 13.4. The van der Waals surface area contributed by atoms with Gasteiger partial charge in [0.2, 0.25) is 0 Å². The Labute approximate surface area is 235 Å². The van der Waals surface area contributed by atoms with Gasteiger partial charge in [-0.1, -0.05) is 68.4 Å². The molecule has 1 unspecified atom stereocenters. The summed E-state index contributed by atoms with van der Waals surface area (Å²) in [6.07, 6.45) is 3.11. The van der Waals surface area contributed by atoms with Crippen molar-refractivity contribution < 1.29 is 30.6 Å². The van der Waals surface area contributed by atoms with Gasteiger partial charge in [-0.05, 0) is 75.5 Å². The molecule has 202 valence electrons. The lowest BCUT2D eigenvalue weighted by Crippen LogP contribution is -3.00. The highest BCUT2D eigenvalue weighted by Crippen LogP contribution is 2.56. The molecule has 0 aliphatic rings. The molecule has 1 N–H and O–H groups in total. The van der Waals surface area contributed by atoms with Crippen molar-refractivity contribution in [3.63, 3.8) is 0 Å². The standard InChI is InChI=1S/C30H42NO3P2.BrH/c1-5-33-36(32,34-6-2)30(26(3)4)31-24-16-17-25-35(27-18-10-7-11-19-27,28-20-12-8-13-21-28)29-22-14-9-15-23-29;/h7-15,18-23,26,30-31H,5-6,16-17,24-25H2,1-4H3;1H/q+1;/p-1. The summed E-state index contributed by atoms with van der Waals surface area (Å²) in [6.45, 7) is 9.39. The van der Waals surface area contributed by atoms with E-state index in [-0.39, 0.29) is 28.7 Å². The summed E-state index contributed by atoms with van der Waals surface area (Å²) in [5, 5.41) is 7.76. The first-order chi connectivity index (χ1) is 17.5. The van der Waals surface area contributed by atoms with Crippen LogP contribution >= 0.6 is 14.9 Å². The number of nitrogens with one attached hydrogen (secondary N) is 1. The van der Waals surface area contributed by atoms with E-state index < -0.39 is 14.9 Å². The largest absolute Gasteiger partial charge is 1.00 e. The van der Waals surface area contributed by atoms with Crippen LogP contribution in [0.25, 0.3) is 0 Å². The van der Waals surface area contributed by atoms with Gasteiger partial charge in [0.05, 0.1) is 19.4 Å². The molecule has 0 radical (unpaired) electrons. The van der Waals surface area contributed by atoms with E-state index in [1.54, 1.807) is 0 Å². The average Bonchev–Trinajstić information content (AvgIpc) is 2.90. The van der Waals surface area contributed by atoms with Crippen molar-refractivity contribution in [3.8, 4) is 0 Å². The minimum Gasteiger partial charge on any atom is -1.00 e. The van der Waals surface area contributed by atoms with Gasteiger partial charge in [-0.15, -0.1) is 0 Å². The third-order valence-electron chi connectivity index (χ3n) is 6.45. The Morgan fingerprint density at radius 1 is 0.730 bits per heavy atom. The zero-order valence-electron chi connectivity index (χ0n) is 22.6. The Balaban J connectivity index is 0.00000481. The normalized spacial score (nSPS) is 12.8. The number of halogens is 1. The van der Waals surface area contributed by atoms with Crippen molar-refractivity contribution in [1.82, 2.24) is 5.32 Å². The minimum absolute atomic E-state index is 0. The van der Waals surface area contributed by atoms with Crippen LogP contribution in [-0.4, -0.2) is 31.7 Å². The lowest BCUT2D eigenvalue weighted by molar-refractivity contribution is -0.0000125. The molecule has 4 nitrogen and oxygen atoms in total. The zero-order valence-corrected chi connectivity index (χ0v) is 25.9. The molecule has 0 heterocycles. The third kappa shape index (κ3) is 8.09. The Bertz CT molecular complexity index is 961. The second-order valence-corrected chi connectivity index (χ2v) is 15.0. The second kappa shape index (κ2) is 15.9. The van der Waals surface area contributed by atoms with Gasteiger partial charge < -0.3 is 31.3 Å². The molecule has 3 aromatic carbocycles. The van der Waals surface area contributed by atoms with Gasteiger partial charge in [0, 0.05) is 0 Å². The van der Waals surface area contributed by atoms with Gasteiger partial charge in [0.25, 0.3) is 0 Å². The molecule has 0 bridgehead atoms. The van der Waals surface area contributed by atoms with Crippen LogP contribution in [0.3, 0.4) is 0 Å². The van der Waals surface area contributed by atoms with E-state index in [9.17, 15) is 4.57 Å². The van der Waals surface area contributed by atoms with E-state index in [0.717, 1.165) is 25.5 Å². The van der Waals surface area contributed by atoms with Crippen molar-refractivity contribution in [2.45, 2.75) is 46.3 Å². The molecule has 0 aromatic heterocycles. The van der Waals surface area contributed by atoms with E-state index >= 15 is 0 Å². The molecule has 0 fully saturated rings. The maximum Gasteiger partial charge on any atom is 0.347 e. The summed E-state index contributed by atoms with van der Waals surface area (Å²) in [7, 11) is -5.04. The van der Waals surface area contributed by atoms with E-state index in [1.165, 1.54) is 15.9 Å². The summed E-state index contributed by atoms with van der Waals surface area (Å²) in [4.78, 5) is 0. The molecule has 0 saturated heterocycles. The van der Waals surface area contributed by atoms with Crippen molar-refractivity contribution in [1.29, 1.82) is 0 Å². The summed E-state index contributed by atoms with van der Waals surface area (Å²) < 4.78 is 24.7. The number of benzene rings is 3. The molecular weight excluding hydrogens is 564 g/mol. The van der Waals surface area contributed by atoms with E-state index in [0.29, 0.717) is 13.2 Å². The SMILES string of the molecule is CCOP(=O)(OCC)C(NCCCC[P+](c1ccccc1)(c1ccccc1)c1ccccc1)C(C)C.[Br-]. The molecule has 0 aliphatic carbocycles. The highest BCUT2D eigenvalue weighted by molar-refractivity contribution is 7.95. The Morgan fingerprint density at radius 3 is 1.49 bits per heavy atom. The fourth-order valence-electron chi connectivity index (χ4n) is 4.88. The molecule has 3 rings (SSSR count). The average molecular weight is 607 g/mol. The number of hydrogen-bond donors (Lipinski definition) is 1. The third-order valence-corrected chi connectivity index (χ3v) is 13.7. The Hall–Kier alpha value is -1.32. The highest BCUT2D eigenvalue weighted by atomic mass is 79.9. The Morgan fingerprint density at radius 2 is 1.14 bits per heavy atom. The molecule has 0 spiro atoms. The first-order valence-corrected chi connectivity index (χ1v) is 16.7. The van der Waals surface area contributed by atoms with Crippen LogP contribution in [0.1, 0.15) is 40.5 Å². The van der Waals surface area contributed by atoms with Gasteiger partial charge in [0.15, 0.2) is 0 Å². The molecule has 0 aliphatic heterocycles. The fraction of sp³-hybridized carbons (Fsp3) is 0.400. The van der Waals surface area contributed by atoms with Gasteiger partial charge in [-0.2, -0.15) is 0 Å². The van der Waals surface area contributed by atoms with Crippen LogP contribution in [0.2, 0.25) is 0 Å². The number of rotatable bonds is 15. The van der Waals surface area contributed by atoms with E-state index in [4.69, 9.17) is 9.05 Å². The van der Waals surface area contributed by atoms with Gasteiger partial charge >= 0.3 is 7.60 Å². The van der Waals surface area contributed by atoms with Gasteiger partial charge in [-0.25, -0.2) is 0 Å². The molecular formula is C30H42BrNO3P2. The lowest BCUT2D eigenvalue weighted by Gasteiger charge is -2.30. The summed E-state index contributed by atoms with van der Waals surface area (Å²) in [5.41, 5.74) is 0. The first-order valence-electron chi connectivity index (χ1n) is 13.1. The van der Waals surface area contributed by atoms with Gasteiger partial charge in [-0.3, -0.25) is 4.57 Å². The summed E-state index contributed by atoms with van der Waals surface area (Å²) >= 11 is 0. The number of hydrogen-bond acceptors (Lipinski definition) is 4. The quantitative estimate of drug-likeness (QED) is 0.212. The molecule has 7 heteroatoms. The van der Waals surface area contributed by atoms with Crippen molar-refractivity contribution in [3.05, 3.63) is 91.0 Å². The van der Waals surface area contributed by atoms with Crippen LogP contribution in [0.15, 0.2) is 91.0 Å². The van der Waals surface area contributed by atoms with Crippen LogP contribution < -0.4 is 38.2 Å². The van der Waals surface area contributed by atoms with Crippen molar-refractivity contribution in [2.24, 2.45) is 5.92 Å². The summed E-state index contributed by atoms with van der Waals surface area (Å²) in [6, 6.07) is 33.0. The van der Waals surface area contributed by atoms with Gasteiger partial charge in [0.1, 0.15) is 29.0 Å². The molecule has 0 saturated carbocycles. The van der Waals surface area contributed by atoms with E-state index in [1.807, 2.05) is 13.8 Å². The van der Waals surface area contributed by atoms with Crippen molar-refractivity contribution >= 4 is 30.8 Å². The highest BCUT2D eigenvalue weighted by Gasteiger charge is 2.44. The van der Waals surface area contributed by atoms with Crippen LogP contribution in [0.5, 0.6) is 0 Å². The fourth-order valence-corrected chi connectivity index (χ4v) is 11.5. The predicted octanol–water partition coefficient (Wildman–Crippen LogP) is 3.60. The molecule has 0 amide bonds. The molecule has 3 aromatic rings. The van der Waals surface area contributed by atoms with Crippen LogP contribution in [0, 0.1) is 5.92 Å². The monoisotopic (exact) mass is 605 g/mol. The molecule has 1 atom stereocenters. The van der Waals surface area contributed by atoms with Crippen LogP contribution in [0.4, 0.5) is 0 Å². The number of unbranched alkanes of at least 4 members (excludes halogenated alkanes) is 1. The Kier molecular flexibility index (Phi) is 13.7. The van der Waals surface area contributed by atoms with Crippen LogP contribution in [-0.2, 0) is 13.6 Å². The smallest absolute Gasteiger partial charge is 0.347 e. The predicted molar refractivity (Wildman–Crippen MR) is 157 cm³/mol. The maximum absolute atomic E-state index is 13.4. The molecule has 37 heavy (non-hydrogen) atoms. The summed E-state index contributed by atoms with van der Waals surface area (Å²) in [5.74, 6) is -0.173. The first kappa shape index (κ1) is 31.9. The van der Waals surface area contributed by atoms with E-state index in [2.05, 4.69) is 110 Å². The topological polar surface area (TPSA) is 47.6 Å². The second-order valence-electron chi connectivity index (χ2n) is 9.27. The lowest BCUT2D eigenvalue weighted by atomic mass is 10.2. The van der Waals surface area contributed by atoms with Crippen molar-refractivity contribution in [2.75, 3.05) is 25.9 Å².